The van der Waals surface area contributed by atoms with Crippen LogP contribution in [0.5, 0.6) is 5.75 Å². The molecule has 2 aromatic carbocycles. The van der Waals surface area contributed by atoms with E-state index < -0.39 is 23.8 Å². The molecule has 9 heteroatoms. The van der Waals surface area contributed by atoms with Crippen molar-refractivity contribution >= 4 is 11.6 Å². The monoisotopic (exact) mass is 393 g/mol. The summed E-state index contributed by atoms with van der Waals surface area (Å²) in [6.07, 6.45) is -3.01. The Labute approximate surface area is 157 Å². The van der Waals surface area contributed by atoms with Gasteiger partial charge in [0.25, 0.3) is 5.91 Å². The number of carbonyl (C=O) groups is 1. The smallest absolute Gasteiger partial charge is 0.406 e. The molecule has 1 N–H and O–H groups in total. The first-order chi connectivity index (χ1) is 13.3. The molecule has 0 radical (unpaired) electrons. The maximum atomic E-state index is 13.1. The van der Waals surface area contributed by atoms with Gasteiger partial charge in [0, 0.05) is 11.8 Å². The largest absolute Gasteiger partial charge is 0.573 e. The van der Waals surface area contributed by atoms with Gasteiger partial charge in [-0.25, -0.2) is 9.07 Å². The third kappa shape index (κ3) is 4.48. The van der Waals surface area contributed by atoms with Crippen molar-refractivity contribution in [3.05, 3.63) is 71.8 Å². The second kappa shape index (κ2) is 7.71. The number of alkyl halides is 3. The second-order valence-corrected chi connectivity index (χ2v) is 5.78. The first-order valence-electron chi connectivity index (χ1n) is 8.27. The van der Waals surface area contributed by atoms with Crippen LogP contribution in [0.15, 0.2) is 54.7 Å². The van der Waals surface area contributed by atoms with E-state index >= 15 is 0 Å². The Morgan fingerprint density at radius 1 is 1.18 bits per heavy atom. The Bertz CT molecular complexity index is 982. The fraction of sp³-hybridized carbons (Fsp3) is 0.158. The molecule has 0 saturated carbocycles. The van der Waals surface area contributed by atoms with Gasteiger partial charge in [-0.2, -0.15) is 5.10 Å². The maximum Gasteiger partial charge on any atom is 0.573 e. The molecule has 1 heterocycles. The van der Waals surface area contributed by atoms with E-state index in [2.05, 4.69) is 15.2 Å². The average molecular weight is 393 g/mol. The van der Waals surface area contributed by atoms with Gasteiger partial charge in [0.1, 0.15) is 11.6 Å². The molecule has 0 atom stereocenters. The molecule has 28 heavy (non-hydrogen) atoms. The summed E-state index contributed by atoms with van der Waals surface area (Å²) in [7, 11) is 0. The predicted molar refractivity (Wildman–Crippen MR) is 94.0 cm³/mol. The van der Waals surface area contributed by atoms with E-state index in [9.17, 15) is 22.4 Å². The summed E-state index contributed by atoms with van der Waals surface area (Å²) in [6, 6.07) is 10.6. The minimum absolute atomic E-state index is 0.142. The highest BCUT2D eigenvalue weighted by Gasteiger charge is 2.31. The van der Waals surface area contributed by atoms with Gasteiger partial charge in [0.2, 0.25) is 0 Å². The fourth-order valence-corrected chi connectivity index (χ4v) is 2.68. The lowest BCUT2D eigenvalue weighted by Gasteiger charge is -2.11. The van der Waals surface area contributed by atoms with E-state index in [1.807, 2.05) is 6.92 Å². The van der Waals surface area contributed by atoms with Crippen molar-refractivity contribution in [3.8, 4) is 11.4 Å². The van der Waals surface area contributed by atoms with Gasteiger partial charge in [-0.05, 0) is 42.8 Å². The van der Waals surface area contributed by atoms with Gasteiger partial charge in [-0.3, -0.25) is 4.79 Å². The summed E-state index contributed by atoms with van der Waals surface area (Å²) in [5.74, 6) is -1.37. The number of carbonyl (C=O) groups excluding carboxylic acids is 1. The predicted octanol–water partition coefficient (Wildman–Crippen LogP) is 4.72. The van der Waals surface area contributed by atoms with Crippen molar-refractivity contribution in [3.63, 3.8) is 0 Å². The number of ether oxygens (including phenoxy) is 1. The van der Waals surface area contributed by atoms with Gasteiger partial charge in [-0.15, -0.1) is 13.2 Å². The summed E-state index contributed by atoms with van der Waals surface area (Å²) in [5.41, 5.74) is 1.56. The van der Waals surface area contributed by atoms with Crippen molar-refractivity contribution < 1.29 is 27.1 Å². The highest BCUT2D eigenvalue weighted by atomic mass is 19.4. The van der Waals surface area contributed by atoms with Crippen LogP contribution < -0.4 is 10.1 Å². The Hall–Kier alpha value is -3.36. The molecule has 0 aliphatic rings. The number of benzene rings is 2. The molecular formula is C19H15F4N3O2. The molecule has 0 bridgehead atoms. The van der Waals surface area contributed by atoms with Crippen LogP contribution in [0.3, 0.4) is 0 Å². The molecule has 5 nitrogen and oxygen atoms in total. The van der Waals surface area contributed by atoms with E-state index in [1.165, 1.54) is 47.3 Å². The number of halogens is 4. The summed E-state index contributed by atoms with van der Waals surface area (Å²) < 4.78 is 55.5. The molecule has 0 spiro atoms. The van der Waals surface area contributed by atoms with Crippen molar-refractivity contribution in [2.24, 2.45) is 0 Å². The summed E-state index contributed by atoms with van der Waals surface area (Å²) >= 11 is 0. The van der Waals surface area contributed by atoms with E-state index in [0.717, 1.165) is 12.1 Å². The third-order valence-corrected chi connectivity index (χ3v) is 3.85. The lowest BCUT2D eigenvalue weighted by molar-refractivity contribution is -0.274. The number of nitrogens with zero attached hydrogens (tertiary/aromatic N) is 2. The first kappa shape index (κ1) is 19.4. The number of aromatic nitrogens is 2. The minimum atomic E-state index is -4.83. The Balaban J connectivity index is 1.84. The highest BCUT2D eigenvalue weighted by Crippen LogP contribution is 2.25. The lowest BCUT2D eigenvalue weighted by atomic mass is 10.1. The quantitative estimate of drug-likeness (QED) is 0.638. The van der Waals surface area contributed by atoms with Crippen LogP contribution in [-0.4, -0.2) is 22.1 Å². The SMILES string of the molecule is CCc1c(C(=O)Nc2cccc(OC(F)(F)F)c2)cnn1-c1ccc(F)cc1. The van der Waals surface area contributed by atoms with Crippen LogP contribution in [0.1, 0.15) is 23.0 Å². The second-order valence-electron chi connectivity index (χ2n) is 5.78. The summed E-state index contributed by atoms with van der Waals surface area (Å²) in [6.45, 7) is 1.83. The summed E-state index contributed by atoms with van der Waals surface area (Å²) in [5, 5.41) is 6.71. The van der Waals surface area contributed by atoms with E-state index in [1.54, 1.807) is 0 Å². The van der Waals surface area contributed by atoms with E-state index in [4.69, 9.17) is 0 Å². The molecule has 146 valence electrons. The van der Waals surface area contributed by atoms with E-state index in [0.29, 0.717) is 17.8 Å². The van der Waals surface area contributed by atoms with Crippen LogP contribution in [0.4, 0.5) is 23.2 Å². The van der Waals surface area contributed by atoms with Gasteiger partial charge in [0.05, 0.1) is 23.1 Å². The molecule has 0 unspecified atom stereocenters. The van der Waals surface area contributed by atoms with E-state index in [-0.39, 0.29) is 11.3 Å². The van der Waals surface area contributed by atoms with Crippen molar-refractivity contribution in [2.45, 2.75) is 19.7 Å². The zero-order valence-electron chi connectivity index (χ0n) is 14.6. The average Bonchev–Trinajstić information content (AvgIpc) is 3.05. The van der Waals surface area contributed by atoms with Gasteiger partial charge in [0.15, 0.2) is 0 Å². The van der Waals surface area contributed by atoms with Gasteiger partial charge >= 0.3 is 6.36 Å². The van der Waals surface area contributed by atoms with Crippen molar-refractivity contribution in [1.29, 1.82) is 0 Å². The number of hydrogen-bond donors (Lipinski definition) is 1. The van der Waals surface area contributed by atoms with Gasteiger partial charge in [-0.1, -0.05) is 13.0 Å². The lowest BCUT2D eigenvalue weighted by Crippen LogP contribution is -2.18. The zero-order chi connectivity index (χ0) is 20.3. The van der Waals surface area contributed by atoms with Crippen molar-refractivity contribution in [2.75, 3.05) is 5.32 Å². The Morgan fingerprint density at radius 2 is 1.89 bits per heavy atom. The fourth-order valence-electron chi connectivity index (χ4n) is 2.68. The normalized spacial score (nSPS) is 11.3. The highest BCUT2D eigenvalue weighted by molar-refractivity contribution is 6.05. The number of hydrogen-bond acceptors (Lipinski definition) is 3. The molecule has 1 amide bonds. The van der Waals surface area contributed by atoms with Crippen LogP contribution >= 0.6 is 0 Å². The Kier molecular flexibility index (Phi) is 5.34. The van der Waals surface area contributed by atoms with Crippen LogP contribution in [0.25, 0.3) is 5.69 Å². The number of anilines is 1. The van der Waals surface area contributed by atoms with Crippen LogP contribution in [0.2, 0.25) is 0 Å². The van der Waals surface area contributed by atoms with Crippen molar-refractivity contribution in [1.82, 2.24) is 9.78 Å². The van der Waals surface area contributed by atoms with Gasteiger partial charge < -0.3 is 10.1 Å². The minimum Gasteiger partial charge on any atom is -0.406 e. The number of rotatable bonds is 5. The topological polar surface area (TPSA) is 56.1 Å². The zero-order valence-corrected chi connectivity index (χ0v) is 14.6. The standard InChI is InChI=1S/C19H15F4N3O2/c1-2-17-16(11-24-26(17)14-8-6-12(20)7-9-14)18(27)25-13-4-3-5-15(10-13)28-19(21,22)23/h3-11H,2H2,1H3,(H,25,27). The molecule has 3 rings (SSSR count). The first-order valence-corrected chi connectivity index (χ1v) is 8.27. The molecule has 1 aromatic heterocycles. The third-order valence-electron chi connectivity index (χ3n) is 3.85. The molecule has 3 aromatic rings. The maximum absolute atomic E-state index is 13.1. The molecule has 0 aliphatic carbocycles. The Morgan fingerprint density at radius 3 is 2.54 bits per heavy atom. The molecule has 0 saturated heterocycles. The number of amides is 1. The molecule has 0 aliphatic heterocycles. The number of nitrogens with one attached hydrogen (secondary N) is 1. The van der Waals surface area contributed by atoms with Crippen LogP contribution in [0, 0.1) is 5.82 Å². The molecule has 0 fully saturated rings. The van der Waals surface area contributed by atoms with Crippen LogP contribution in [-0.2, 0) is 6.42 Å². The summed E-state index contributed by atoms with van der Waals surface area (Å²) in [4.78, 5) is 12.6. The molecular weight excluding hydrogens is 378 g/mol.